The molecule has 21 heavy (non-hydrogen) atoms. The number of hydrogen-bond acceptors (Lipinski definition) is 4. The van der Waals surface area contributed by atoms with Gasteiger partial charge in [-0.05, 0) is 39.0 Å². The fourth-order valence-corrected chi connectivity index (χ4v) is 4.12. The summed E-state index contributed by atoms with van der Waals surface area (Å²) in [4.78, 5) is 6.79. The van der Waals surface area contributed by atoms with Gasteiger partial charge >= 0.3 is 0 Å². The number of aliphatic hydroxyl groups excluding tert-OH is 1. The number of hydrogen-bond donors (Lipinski definition) is 1. The zero-order valence-corrected chi connectivity index (χ0v) is 13.2. The third-order valence-corrected chi connectivity index (χ3v) is 5.44. The van der Waals surface area contributed by atoms with Crippen molar-refractivity contribution < 1.29 is 9.84 Å². The normalized spacial score (nSPS) is 33.3. The van der Waals surface area contributed by atoms with Gasteiger partial charge in [0.25, 0.3) is 0 Å². The Morgan fingerprint density at radius 2 is 2.29 bits per heavy atom. The number of imidazole rings is 1. The highest BCUT2D eigenvalue weighted by Crippen LogP contribution is 2.42. The summed E-state index contributed by atoms with van der Waals surface area (Å²) in [6.45, 7) is 5.22. The van der Waals surface area contributed by atoms with Crippen LogP contribution in [0.3, 0.4) is 0 Å². The predicted octanol–water partition coefficient (Wildman–Crippen LogP) is 1.59. The van der Waals surface area contributed by atoms with Crippen LogP contribution in [-0.2, 0) is 11.3 Å². The van der Waals surface area contributed by atoms with E-state index >= 15 is 0 Å². The van der Waals surface area contributed by atoms with E-state index in [2.05, 4.69) is 14.5 Å². The second-order valence-electron chi connectivity index (χ2n) is 6.52. The molecule has 1 aliphatic heterocycles. The van der Waals surface area contributed by atoms with E-state index in [9.17, 15) is 5.11 Å². The first-order chi connectivity index (χ1) is 10.1. The molecule has 118 valence electrons. The molecule has 0 radical (unpaired) electrons. The quantitative estimate of drug-likeness (QED) is 0.895. The number of aromatic nitrogens is 2. The first-order valence-electron chi connectivity index (χ1n) is 8.09. The average Bonchev–Trinajstić information content (AvgIpc) is 3.05. The lowest BCUT2D eigenvalue weighted by Gasteiger charge is -2.42. The first-order valence-corrected chi connectivity index (χ1v) is 8.09. The molecular weight excluding hydrogens is 266 g/mol. The summed E-state index contributed by atoms with van der Waals surface area (Å²) in [5, 5.41) is 10.0. The molecule has 0 aromatic carbocycles. The number of likely N-dealkylation sites (tertiary alicyclic amines) is 1. The Labute approximate surface area is 126 Å². The fourth-order valence-electron chi connectivity index (χ4n) is 4.12. The number of fused-ring (bicyclic) bond motifs is 1. The summed E-state index contributed by atoms with van der Waals surface area (Å²) in [6.07, 6.45) is 8.70. The Kier molecular flexibility index (Phi) is 4.33. The van der Waals surface area contributed by atoms with Crippen LogP contribution in [0.2, 0.25) is 0 Å². The molecule has 1 aliphatic carbocycles. The fraction of sp³-hybridized carbons (Fsp3) is 0.812. The first kappa shape index (κ1) is 15.0. The number of aliphatic hydroxyl groups is 1. The molecule has 1 saturated carbocycles. The molecule has 1 saturated heterocycles. The smallest absolute Gasteiger partial charge is 0.105 e. The monoisotopic (exact) mass is 293 g/mol. The van der Waals surface area contributed by atoms with Gasteiger partial charge in [0.15, 0.2) is 0 Å². The zero-order chi connectivity index (χ0) is 14.9. The van der Waals surface area contributed by atoms with Crippen molar-refractivity contribution in [2.75, 3.05) is 20.2 Å². The lowest BCUT2D eigenvalue weighted by atomic mass is 9.79. The molecule has 5 heteroatoms. The van der Waals surface area contributed by atoms with E-state index in [1.807, 2.05) is 26.4 Å². The van der Waals surface area contributed by atoms with Gasteiger partial charge < -0.3 is 14.4 Å². The second kappa shape index (κ2) is 6.07. The standard InChI is InChI=1S/C16H27N3O2/c1-13-17-7-11-18(13)8-3-9-19-10-6-16(21-2)5-4-14(20)12-15(16)19/h7,11,14-15,20H,3-6,8-10,12H2,1-2H3/t14-,15-,16+/m0/s1. The Bertz CT molecular complexity index is 476. The van der Waals surface area contributed by atoms with Crippen molar-refractivity contribution in [2.24, 2.45) is 0 Å². The van der Waals surface area contributed by atoms with Gasteiger partial charge in [-0.25, -0.2) is 4.98 Å². The van der Waals surface area contributed by atoms with Crippen molar-refractivity contribution in [3.8, 4) is 0 Å². The van der Waals surface area contributed by atoms with E-state index in [4.69, 9.17) is 4.74 Å². The van der Waals surface area contributed by atoms with Crippen LogP contribution in [0.5, 0.6) is 0 Å². The Morgan fingerprint density at radius 1 is 1.43 bits per heavy atom. The van der Waals surface area contributed by atoms with Gasteiger partial charge in [0, 0.05) is 45.2 Å². The summed E-state index contributed by atoms with van der Waals surface area (Å²) in [5.41, 5.74) is -0.00977. The molecule has 5 nitrogen and oxygen atoms in total. The molecule has 1 aromatic rings. The molecule has 0 unspecified atom stereocenters. The molecule has 2 aliphatic rings. The third-order valence-electron chi connectivity index (χ3n) is 5.44. The van der Waals surface area contributed by atoms with Gasteiger partial charge in [0.2, 0.25) is 0 Å². The van der Waals surface area contributed by atoms with Gasteiger partial charge in [-0.1, -0.05) is 0 Å². The molecular formula is C16H27N3O2. The van der Waals surface area contributed by atoms with Crippen molar-refractivity contribution in [1.29, 1.82) is 0 Å². The highest BCUT2D eigenvalue weighted by Gasteiger charge is 2.50. The summed E-state index contributed by atoms with van der Waals surface area (Å²) < 4.78 is 8.09. The van der Waals surface area contributed by atoms with Crippen molar-refractivity contribution in [2.45, 2.75) is 63.3 Å². The van der Waals surface area contributed by atoms with Gasteiger partial charge in [-0.15, -0.1) is 0 Å². The molecule has 1 N–H and O–H groups in total. The van der Waals surface area contributed by atoms with E-state index in [0.717, 1.165) is 57.6 Å². The predicted molar refractivity (Wildman–Crippen MR) is 81.2 cm³/mol. The zero-order valence-electron chi connectivity index (χ0n) is 13.2. The lowest BCUT2D eigenvalue weighted by Crippen LogP contribution is -2.51. The average molecular weight is 293 g/mol. The molecule has 0 bridgehead atoms. The van der Waals surface area contributed by atoms with Crippen molar-refractivity contribution in [1.82, 2.24) is 14.5 Å². The molecule has 0 spiro atoms. The van der Waals surface area contributed by atoms with Crippen molar-refractivity contribution in [3.05, 3.63) is 18.2 Å². The minimum atomic E-state index is -0.158. The third kappa shape index (κ3) is 2.87. The van der Waals surface area contributed by atoms with E-state index < -0.39 is 0 Å². The van der Waals surface area contributed by atoms with Gasteiger partial charge in [0.1, 0.15) is 5.82 Å². The van der Waals surface area contributed by atoms with Crippen LogP contribution in [0.15, 0.2) is 12.4 Å². The van der Waals surface area contributed by atoms with Crippen molar-refractivity contribution >= 4 is 0 Å². The van der Waals surface area contributed by atoms with Crippen LogP contribution in [0, 0.1) is 6.92 Å². The minimum absolute atomic E-state index is 0.00977. The molecule has 3 rings (SSSR count). The lowest BCUT2D eigenvalue weighted by molar-refractivity contribution is -0.0869. The number of aryl methyl sites for hydroxylation is 2. The minimum Gasteiger partial charge on any atom is -0.393 e. The number of nitrogens with zero attached hydrogens (tertiary/aromatic N) is 3. The Hall–Kier alpha value is -0.910. The Balaban J connectivity index is 1.57. The van der Waals surface area contributed by atoms with Crippen molar-refractivity contribution in [3.63, 3.8) is 0 Å². The number of methoxy groups -OCH3 is 1. The maximum Gasteiger partial charge on any atom is 0.105 e. The van der Waals surface area contributed by atoms with E-state index in [0.29, 0.717) is 6.04 Å². The summed E-state index contributed by atoms with van der Waals surface area (Å²) in [5.74, 6) is 1.08. The van der Waals surface area contributed by atoms with Crippen LogP contribution < -0.4 is 0 Å². The maximum atomic E-state index is 10.0. The van der Waals surface area contributed by atoms with Gasteiger partial charge in [0.05, 0.1) is 11.7 Å². The molecule has 1 aromatic heterocycles. The summed E-state index contributed by atoms with van der Waals surface area (Å²) >= 11 is 0. The van der Waals surface area contributed by atoms with Crippen LogP contribution >= 0.6 is 0 Å². The molecule has 3 atom stereocenters. The Morgan fingerprint density at radius 3 is 3.00 bits per heavy atom. The van der Waals surface area contributed by atoms with Crippen LogP contribution in [0.4, 0.5) is 0 Å². The van der Waals surface area contributed by atoms with E-state index in [1.165, 1.54) is 0 Å². The van der Waals surface area contributed by atoms with E-state index in [1.54, 1.807) is 0 Å². The summed E-state index contributed by atoms with van der Waals surface area (Å²) in [6, 6.07) is 0.384. The highest BCUT2D eigenvalue weighted by molar-refractivity contribution is 5.05. The number of rotatable bonds is 5. The largest absolute Gasteiger partial charge is 0.393 e. The molecule has 2 fully saturated rings. The van der Waals surface area contributed by atoms with Gasteiger partial charge in [-0.2, -0.15) is 0 Å². The maximum absolute atomic E-state index is 10.0. The second-order valence-corrected chi connectivity index (χ2v) is 6.52. The van der Waals surface area contributed by atoms with Gasteiger partial charge in [-0.3, -0.25) is 4.90 Å². The molecule has 0 amide bonds. The highest BCUT2D eigenvalue weighted by atomic mass is 16.5. The van der Waals surface area contributed by atoms with Crippen LogP contribution in [-0.4, -0.2) is 57.5 Å². The SMILES string of the molecule is CO[C@@]12CC[C@H](O)C[C@@H]1N(CCCn1ccnc1C)CC2. The molecule has 2 heterocycles. The number of ether oxygens (including phenoxy) is 1. The van der Waals surface area contributed by atoms with E-state index in [-0.39, 0.29) is 11.7 Å². The topological polar surface area (TPSA) is 50.5 Å². The van der Waals surface area contributed by atoms with Crippen LogP contribution in [0.25, 0.3) is 0 Å². The van der Waals surface area contributed by atoms with Crippen LogP contribution in [0.1, 0.15) is 37.9 Å². The summed E-state index contributed by atoms with van der Waals surface area (Å²) in [7, 11) is 1.84.